The van der Waals surface area contributed by atoms with Crippen molar-refractivity contribution in [2.45, 2.75) is 4.90 Å². The number of nitrogens with one attached hydrogen (secondary N) is 1. The van der Waals surface area contributed by atoms with Crippen LogP contribution in [0.15, 0.2) is 23.1 Å². The Bertz CT molecular complexity index is 472. The number of hydrogen-bond donors (Lipinski definition) is 1. The second-order valence-electron chi connectivity index (χ2n) is 2.57. The van der Waals surface area contributed by atoms with Gasteiger partial charge in [-0.3, -0.25) is 4.79 Å². The molecular formula is C8H8ClNO4S. The summed E-state index contributed by atoms with van der Waals surface area (Å²) in [7, 11) is 2.62. The first kappa shape index (κ1) is 11.8. The van der Waals surface area contributed by atoms with Gasteiger partial charge in [-0.05, 0) is 18.2 Å². The minimum atomic E-state index is -3.90. The fourth-order valence-corrected chi connectivity index (χ4v) is 2.05. The van der Waals surface area contributed by atoms with Gasteiger partial charge >= 0.3 is 0 Å². The lowest BCUT2D eigenvalue weighted by Crippen LogP contribution is -1.99. The minimum Gasteiger partial charge on any atom is -0.495 e. The van der Waals surface area contributed by atoms with Crippen molar-refractivity contribution in [3.05, 3.63) is 18.2 Å². The molecule has 82 valence electrons. The van der Waals surface area contributed by atoms with Crippen molar-refractivity contribution in [1.82, 2.24) is 0 Å². The number of benzene rings is 1. The summed E-state index contributed by atoms with van der Waals surface area (Å²) in [5.74, 6) is 0.126. The molecule has 15 heavy (non-hydrogen) atoms. The smallest absolute Gasteiger partial charge is 0.265 e. The average Bonchev–Trinajstić information content (AvgIpc) is 2.17. The summed E-state index contributed by atoms with van der Waals surface area (Å²) >= 11 is 0. The molecule has 0 aliphatic rings. The van der Waals surface area contributed by atoms with Gasteiger partial charge in [0, 0.05) is 16.4 Å². The molecule has 0 unspecified atom stereocenters. The number of carbonyl (C=O) groups excluding carboxylic acids is 1. The van der Waals surface area contributed by atoms with Crippen molar-refractivity contribution in [3.8, 4) is 5.75 Å². The molecule has 0 radical (unpaired) electrons. The predicted octanol–water partition coefficient (Wildman–Crippen LogP) is 1.19. The Morgan fingerprint density at radius 3 is 2.60 bits per heavy atom. The first-order valence-corrected chi connectivity index (χ1v) is 6.13. The van der Waals surface area contributed by atoms with Crippen molar-refractivity contribution >= 4 is 31.8 Å². The van der Waals surface area contributed by atoms with Crippen LogP contribution < -0.4 is 10.1 Å². The highest BCUT2D eigenvalue weighted by Gasteiger charge is 2.16. The van der Waals surface area contributed by atoms with E-state index in [9.17, 15) is 13.2 Å². The number of carbonyl (C=O) groups is 1. The molecule has 0 fully saturated rings. The number of halogens is 1. The van der Waals surface area contributed by atoms with Crippen LogP contribution in [0.2, 0.25) is 0 Å². The van der Waals surface area contributed by atoms with E-state index in [1.54, 1.807) is 0 Å². The van der Waals surface area contributed by atoms with Crippen molar-refractivity contribution in [1.29, 1.82) is 0 Å². The van der Waals surface area contributed by atoms with Crippen molar-refractivity contribution < 1.29 is 17.9 Å². The first-order valence-electron chi connectivity index (χ1n) is 3.82. The normalized spacial score (nSPS) is 10.8. The lowest BCUT2D eigenvalue weighted by molar-refractivity contribution is -0.105. The van der Waals surface area contributed by atoms with Gasteiger partial charge in [0.25, 0.3) is 9.05 Å². The Morgan fingerprint density at radius 2 is 2.13 bits per heavy atom. The molecular weight excluding hydrogens is 242 g/mol. The van der Waals surface area contributed by atoms with E-state index in [0.29, 0.717) is 12.1 Å². The van der Waals surface area contributed by atoms with E-state index in [0.717, 1.165) is 0 Å². The fourth-order valence-electron chi connectivity index (χ4n) is 1.03. The summed E-state index contributed by atoms with van der Waals surface area (Å²) in [5, 5.41) is 2.31. The molecule has 1 aromatic rings. The van der Waals surface area contributed by atoms with Crippen LogP contribution in [0.4, 0.5) is 5.69 Å². The topological polar surface area (TPSA) is 72.5 Å². The standard InChI is InChI=1S/C8H8ClNO4S/c1-14-7-3-2-6(10-5-11)4-8(7)15(9,12)13/h2-5H,1H3,(H,10,11). The maximum absolute atomic E-state index is 11.1. The summed E-state index contributed by atoms with van der Waals surface area (Å²) in [6.45, 7) is 0. The monoisotopic (exact) mass is 249 g/mol. The summed E-state index contributed by atoms with van der Waals surface area (Å²) in [6, 6.07) is 4.12. The van der Waals surface area contributed by atoms with Gasteiger partial charge < -0.3 is 10.1 Å². The van der Waals surface area contributed by atoms with Crippen LogP contribution in [-0.2, 0) is 13.8 Å². The van der Waals surface area contributed by atoms with E-state index in [-0.39, 0.29) is 10.6 Å². The van der Waals surface area contributed by atoms with Crippen molar-refractivity contribution in [2.24, 2.45) is 0 Å². The molecule has 0 spiro atoms. The van der Waals surface area contributed by atoms with E-state index in [2.05, 4.69) is 5.32 Å². The van der Waals surface area contributed by atoms with Gasteiger partial charge in [-0.15, -0.1) is 0 Å². The minimum absolute atomic E-state index is 0.126. The first-order chi connectivity index (χ1) is 6.99. The Kier molecular flexibility index (Phi) is 3.54. The van der Waals surface area contributed by atoms with E-state index in [1.165, 1.54) is 25.3 Å². The highest BCUT2D eigenvalue weighted by atomic mass is 35.7. The van der Waals surface area contributed by atoms with Crippen LogP contribution in [0, 0.1) is 0 Å². The van der Waals surface area contributed by atoms with Crippen LogP contribution in [-0.4, -0.2) is 21.9 Å². The van der Waals surface area contributed by atoms with Crippen molar-refractivity contribution in [3.63, 3.8) is 0 Å². The molecule has 0 aliphatic carbocycles. The van der Waals surface area contributed by atoms with Gasteiger partial charge in [0.05, 0.1) is 7.11 Å². The van der Waals surface area contributed by atoms with Gasteiger partial charge in [-0.1, -0.05) is 0 Å². The quantitative estimate of drug-likeness (QED) is 0.643. The second-order valence-corrected chi connectivity index (χ2v) is 5.10. The van der Waals surface area contributed by atoms with Crippen LogP contribution in [0.1, 0.15) is 0 Å². The molecule has 0 atom stereocenters. The molecule has 0 heterocycles. The Balaban J connectivity index is 3.32. The van der Waals surface area contributed by atoms with E-state index >= 15 is 0 Å². The molecule has 5 nitrogen and oxygen atoms in total. The Morgan fingerprint density at radius 1 is 1.47 bits per heavy atom. The maximum Gasteiger partial charge on any atom is 0.265 e. The summed E-state index contributed by atoms with van der Waals surface area (Å²) in [6.07, 6.45) is 0.437. The summed E-state index contributed by atoms with van der Waals surface area (Å²) in [4.78, 5) is 9.98. The zero-order chi connectivity index (χ0) is 11.5. The van der Waals surface area contributed by atoms with Crippen molar-refractivity contribution in [2.75, 3.05) is 12.4 Å². The number of anilines is 1. The largest absolute Gasteiger partial charge is 0.495 e. The van der Waals surface area contributed by atoms with Crippen LogP contribution >= 0.6 is 10.7 Å². The maximum atomic E-state index is 11.1. The van der Waals surface area contributed by atoms with Gasteiger partial charge in [0.1, 0.15) is 10.6 Å². The molecule has 0 saturated carbocycles. The molecule has 0 aliphatic heterocycles. The number of ether oxygens (including phenoxy) is 1. The van der Waals surface area contributed by atoms with Gasteiger partial charge in [-0.2, -0.15) is 0 Å². The third kappa shape index (κ3) is 2.84. The van der Waals surface area contributed by atoms with E-state index in [1.807, 2.05) is 0 Å². The van der Waals surface area contributed by atoms with Gasteiger partial charge in [-0.25, -0.2) is 8.42 Å². The second kappa shape index (κ2) is 4.50. The number of hydrogen-bond acceptors (Lipinski definition) is 4. The van der Waals surface area contributed by atoms with Crippen LogP contribution in [0.3, 0.4) is 0 Å². The highest BCUT2D eigenvalue weighted by Crippen LogP contribution is 2.29. The van der Waals surface area contributed by atoms with Gasteiger partial charge in [0.2, 0.25) is 6.41 Å². The molecule has 1 aromatic carbocycles. The average molecular weight is 250 g/mol. The Labute approximate surface area is 91.4 Å². The number of rotatable bonds is 4. The fraction of sp³-hybridized carbons (Fsp3) is 0.125. The molecule has 0 saturated heterocycles. The SMILES string of the molecule is COc1ccc(NC=O)cc1S(=O)(=O)Cl. The van der Waals surface area contributed by atoms with Gasteiger partial charge in [0.15, 0.2) is 0 Å². The molecule has 0 aromatic heterocycles. The summed E-state index contributed by atoms with van der Waals surface area (Å²) < 4.78 is 27.1. The highest BCUT2D eigenvalue weighted by molar-refractivity contribution is 8.13. The zero-order valence-electron chi connectivity index (χ0n) is 7.73. The zero-order valence-corrected chi connectivity index (χ0v) is 9.30. The third-order valence-corrected chi connectivity index (χ3v) is 3.00. The molecule has 1 amide bonds. The lowest BCUT2D eigenvalue weighted by atomic mass is 10.3. The molecule has 7 heteroatoms. The van der Waals surface area contributed by atoms with Crippen LogP contribution in [0.25, 0.3) is 0 Å². The van der Waals surface area contributed by atoms with Crippen LogP contribution in [0.5, 0.6) is 5.75 Å². The molecule has 1 rings (SSSR count). The Hall–Kier alpha value is -1.27. The summed E-state index contributed by atoms with van der Waals surface area (Å²) in [5.41, 5.74) is 0.324. The number of amides is 1. The van der Waals surface area contributed by atoms with E-state index in [4.69, 9.17) is 15.4 Å². The molecule has 1 N–H and O–H groups in total. The molecule has 0 bridgehead atoms. The third-order valence-electron chi connectivity index (χ3n) is 1.65. The number of methoxy groups -OCH3 is 1. The van der Waals surface area contributed by atoms with E-state index < -0.39 is 9.05 Å². The lowest BCUT2D eigenvalue weighted by Gasteiger charge is -2.07. The predicted molar refractivity (Wildman–Crippen MR) is 55.7 cm³/mol.